The van der Waals surface area contributed by atoms with Crippen molar-refractivity contribution >= 4 is 11.9 Å². The van der Waals surface area contributed by atoms with Gasteiger partial charge in [0.25, 0.3) is 0 Å². The van der Waals surface area contributed by atoms with Crippen LogP contribution in [-0.2, 0) is 6.18 Å². The van der Waals surface area contributed by atoms with E-state index in [1.165, 1.54) is 12.8 Å². The van der Waals surface area contributed by atoms with Gasteiger partial charge in [0.1, 0.15) is 5.69 Å². The van der Waals surface area contributed by atoms with Gasteiger partial charge in [0, 0.05) is 44.5 Å². The summed E-state index contributed by atoms with van der Waals surface area (Å²) in [6.45, 7) is 5.73. The van der Waals surface area contributed by atoms with Crippen LogP contribution < -0.4 is 16.0 Å². The summed E-state index contributed by atoms with van der Waals surface area (Å²) in [5.74, 6) is 0.689. The molecule has 0 aromatic carbocycles. The molecule has 1 saturated heterocycles. The Labute approximate surface area is 163 Å². The van der Waals surface area contributed by atoms with Gasteiger partial charge in [-0.05, 0) is 38.7 Å². The number of anilines is 1. The first kappa shape index (κ1) is 20.6. The van der Waals surface area contributed by atoms with Crippen molar-refractivity contribution in [3.05, 3.63) is 18.0 Å². The van der Waals surface area contributed by atoms with Gasteiger partial charge in [-0.15, -0.1) is 0 Å². The van der Waals surface area contributed by atoms with Gasteiger partial charge in [-0.1, -0.05) is 0 Å². The molecule has 2 aliphatic rings. The maximum Gasteiger partial charge on any atom is 0.433 e. The van der Waals surface area contributed by atoms with Crippen LogP contribution in [0.4, 0.5) is 19.1 Å². The lowest BCUT2D eigenvalue weighted by atomic mass is 10.1. The molecule has 0 radical (unpaired) electrons. The smallest absolute Gasteiger partial charge is 0.357 e. The maximum atomic E-state index is 12.7. The number of nitrogens with zero attached hydrogens (tertiary/aromatic N) is 4. The Balaban J connectivity index is 1.44. The molecule has 0 spiro atoms. The monoisotopic (exact) mass is 399 g/mol. The Hall–Kier alpha value is -2.10. The Morgan fingerprint density at radius 3 is 2.64 bits per heavy atom. The number of hydrogen-bond acceptors (Lipinski definition) is 5. The highest BCUT2D eigenvalue weighted by Gasteiger charge is 2.33. The first-order chi connectivity index (χ1) is 13.5. The fraction of sp³-hybridized carbons (Fsp3) is 0.722. The number of alkyl halides is 3. The summed E-state index contributed by atoms with van der Waals surface area (Å²) in [5.41, 5.74) is -0.957. The highest BCUT2D eigenvalue weighted by molar-refractivity contribution is 5.80. The molecule has 1 saturated carbocycles. The molecule has 7 nitrogen and oxygen atoms in total. The molecule has 0 atom stereocenters. The van der Waals surface area contributed by atoms with Gasteiger partial charge in [0.15, 0.2) is 5.96 Å². The third-order valence-corrected chi connectivity index (χ3v) is 4.89. The van der Waals surface area contributed by atoms with Gasteiger partial charge < -0.3 is 20.9 Å². The van der Waals surface area contributed by atoms with Crippen LogP contribution in [0.3, 0.4) is 0 Å². The van der Waals surface area contributed by atoms with E-state index < -0.39 is 11.9 Å². The molecule has 1 aliphatic heterocycles. The minimum Gasteiger partial charge on any atom is -0.357 e. The zero-order valence-corrected chi connectivity index (χ0v) is 16.1. The average Bonchev–Trinajstić information content (AvgIpc) is 3.51. The van der Waals surface area contributed by atoms with Crippen molar-refractivity contribution in [3.63, 3.8) is 0 Å². The molecule has 0 amide bonds. The van der Waals surface area contributed by atoms with Crippen molar-refractivity contribution in [2.75, 3.05) is 38.0 Å². The summed E-state index contributed by atoms with van der Waals surface area (Å²) >= 11 is 0. The molecule has 2 fully saturated rings. The Morgan fingerprint density at radius 2 is 2.00 bits per heavy atom. The number of likely N-dealkylation sites (tertiary alicyclic amines) is 1. The Kier molecular flexibility index (Phi) is 6.93. The topological polar surface area (TPSA) is 77.5 Å². The van der Waals surface area contributed by atoms with E-state index >= 15 is 0 Å². The fourth-order valence-electron chi connectivity index (χ4n) is 3.30. The molecule has 1 aromatic rings. The normalized spacial score (nSPS) is 19.5. The lowest BCUT2D eigenvalue weighted by molar-refractivity contribution is -0.141. The molecule has 3 rings (SSSR count). The number of nitrogens with one attached hydrogen (secondary N) is 3. The Bertz CT molecular complexity index is 653. The molecular weight excluding hydrogens is 371 g/mol. The summed E-state index contributed by atoms with van der Waals surface area (Å²) in [6.07, 6.45) is 1.49. The van der Waals surface area contributed by atoms with Crippen molar-refractivity contribution in [3.8, 4) is 0 Å². The van der Waals surface area contributed by atoms with E-state index in [0.717, 1.165) is 56.7 Å². The molecule has 3 N–H and O–H groups in total. The van der Waals surface area contributed by atoms with E-state index in [-0.39, 0.29) is 5.95 Å². The first-order valence-electron chi connectivity index (χ1n) is 9.88. The summed E-state index contributed by atoms with van der Waals surface area (Å²) in [7, 11) is 0. The van der Waals surface area contributed by atoms with Crippen molar-refractivity contribution in [1.29, 1.82) is 0 Å². The van der Waals surface area contributed by atoms with Crippen molar-refractivity contribution in [1.82, 2.24) is 25.5 Å². The van der Waals surface area contributed by atoms with Crippen molar-refractivity contribution in [2.24, 2.45) is 4.99 Å². The third kappa shape index (κ3) is 6.22. The second-order valence-electron chi connectivity index (χ2n) is 7.14. The molecule has 2 heterocycles. The molecule has 1 aromatic heterocycles. The van der Waals surface area contributed by atoms with E-state index in [4.69, 9.17) is 0 Å². The standard InChI is InChI=1S/C18H28F3N7/c1-2-22-16(26-13-6-11-28(12-7-13)14-3-4-14)24-9-10-25-17-23-8-5-15(27-17)18(19,20)21/h5,8,13-14H,2-4,6-7,9-12H2,1H3,(H2,22,24,26)(H,23,25,27). The van der Waals surface area contributed by atoms with Gasteiger partial charge >= 0.3 is 6.18 Å². The van der Waals surface area contributed by atoms with Crippen LogP contribution in [0.1, 0.15) is 38.3 Å². The molecule has 1 aliphatic carbocycles. The van der Waals surface area contributed by atoms with Crippen molar-refractivity contribution in [2.45, 2.75) is 50.9 Å². The highest BCUT2D eigenvalue weighted by atomic mass is 19.4. The number of rotatable bonds is 7. The fourth-order valence-corrected chi connectivity index (χ4v) is 3.30. The van der Waals surface area contributed by atoms with Crippen LogP contribution in [0.25, 0.3) is 0 Å². The van der Waals surface area contributed by atoms with Gasteiger partial charge in [-0.3, -0.25) is 4.99 Å². The largest absolute Gasteiger partial charge is 0.433 e. The van der Waals surface area contributed by atoms with Gasteiger partial charge in [-0.25, -0.2) is 9.97 Å². The number of guanidine groups is 1. The van der Waals surface area contributed by atoms with E-state index in [1.54, 1.807) is 0 Å². The molecule has 0 bridgehead atoms. The van der Waals surface area contributed by atoms with Crippen LogP contribution >= 0.6 is 0 Å². The zero-order valence-electron chi connectivity index (χ0n) is 16.1. The number of aliphatic imine (C=N–C) groups is 1. The van der Waals surface area contributed by atoms with E-state index in [2.05, 4.69) is 35.8 Å². The second kappa shape index (κ2) is 9.40. The zero-order chi connectivity index (χ0) is 20.0. The van der Waals surface area contributed by atoms with Gasteiger partial charge in [-0.2, -0.15) is 13.2 Å². The number of halogens is 3. The van der Waals surface area contributed by atoms with E-state index in [0.29, 0.717) is 19.1 Å². The SMILES string of the molecule is CCNC(=NCCNc1nccc(C(F)(F)F)n1)NC1CCN(C2CC2)CC1. The molecule has 0 unspecified atom stereocenters. The number of aromatic nitrogens is 2. The minimum atomic E-state index is -4.48. The lowest BCUT2D eigenvalue weighted by Gasteiger charge is -2.33. The predicted octanol–water partition coefficient (Wildman–Crippen LogP) is 2.09. The van der Waals surface area contributed by atoms with E-state index in [9.17, 15) is 13.2 Å². The minimum absolute atomic E-state index is 0.0459. The first-order valence-corrected chi connectivity index (χ1v) is 9.88. The summed E-state index contributed by atoms with van der Waals surface area (Å²) in [6, 6.07) is 2.06. The van der Waals surface area contributed by atoms with Crippen LogP contribution in [0.5, 0.6) is 0 Å². The van der Waals surface area contributed by atoms with Gasteiger partial charge in [0.2, 0.25) is 5.95 Å². The molecule has 156 valence electrons. The molecule has 10 heteroatoms. The number of piperidine rings is 1. The highest BCUT2D eigenvalue weighted by Crippen LogP contribution is 2.29. The summed E-state index contributed by atoms with van der Waals surface area (Å²) < 4.78 is 38.0. The quantitative estimate of drug-likeness (QED) is 0.370. The van der Waals surface area contributed by atoms with Gasteiger partial charge in [0.05, 0.1) is 6.54 Å². The third-order valence-electron chi connectivity index (χ3n) is 4.89. The van der Waals surface area contributed by atoms with Crippen LogP contribution in [0, 0.1) is 0 Å². The summed E-state index contributed by atoms with van der Waals surface area (Å²) in [4.78, 5) is 14.4. The average molecular weight is 399 g/mol. The Morgan fingerprint density at radius 1 is 1.25 bits per heavy atom. The van der Waals surface area contributed by atoms with Crippen LogP contribution in [-0.4, -0.2) is 65.6 Å². The molecular formula is C18H28F3N7. The van der Waals surface area contributed by atoms with Crippen LogP contribution in [0.15, 0.2) is 17.3 Å². The predicted molar refractivity (Wildman–Crippen MR) is 102 cm³/mol. The second-order valence-corrected chi connectivity index (χ2v) is 7.14. The molecule has 28 heavy (non-hydrogen) atoms. The maximum absolute atomic E-state index is 12.7. The van der Waals surface area contributed by atoms with Crippen molar-refractivity contribution < 1.29 is 13.2 Å². The lowest BCUT2D eigenvalue weighted by Crippen LogP contribution is -2.49. The number of hydrogen-bond donors (Lipinski definition) is 3. The van der Waals surface area contributed by atoms with Crippen LogP contribution in [0.2, 0.25) is 0 Å². The summed E-state index contributed by atoms with van der Waals surface area (Å²) in [5, 5.41) is 9.48. The van der Waals surface area contributed by atoms with E-state index in [1.807, 2.05) is 6.92 Å².